The molecule has 0 amide bonds. The molecule has 0 aromatic carbocycles. The third-order valence-corrected chi connectivity index (χ3v) is 3.17. The number of pyridine rings is 1. The number of hydrogen-bond donors (Lipinski definition) is 0. The van der Waals surface area contributed by atoms with E-state index < -0.39 is 0 Å². The predicted molar refractivity (Wildman–Crippen MR) is 70.1 cm³/mol. The Labute approximate surface area is 102 Å². The molecule has 0 N–H and O–H groups in total. The normalized spacial score (nSPS) is 10.8. The van der Waals surface area contributed by atoms with E-state index >= 15 is 0 Å². The van der Waals surface area contributed by atoms with E-state index in [1.807, 2.05) is 23.9 Å². The highest BCUT2D eigenvalue weighted by Crippen LogP contribution is 2.09. The zero-order chi connectivity index (χ0) is 11.8. The summed E-state index contributed by atoms with van der Waals surface area (Å²) < 4.78 is 5.07. The minimum absolute atomic E-state index is 0.813. The highest BCUT2D eigenvalue weighted by atomic mass is 32.2. The summed E-state index contributed by atoms with van der Waals surface area (Å²) in [5, 5.41) is 0. The molecule has 0 fully saturated rings. The van der Waals surface area contributed by atoms with Crippen molar-refractivity contribution in [1.29, 1.82) is 0 Å². The van der Waals surface area contributed by atoms with Crippen molar-refractivity contribution in [1.82, 2.24) is 9.88 Å². The first-order valence-electron chi connectivity index (χ1n) is 5.51. The molecule has 4 heteroatoms. The van der Waals surface area contributed by atoms with Gasteiger partial charge in [0.1, 0.15) is 5.75 Å². The number of thioether (sulfide) groups is 1. The monoisotopic (exact) mass is 240 g/mol. The molecule has 0 unspecified atom stereocenters. The van der Waals surface area contributed by atoms with Crippen molar-refractivity contribution in [3.63, 3.8) is 0 Å². The summed E-state index contributed by atoms with van der Waals surface area (Å²) in [6.45, 7) is 4.19. The van der Waals surface area contributed by atoms with Gasteiger partial charge in [-0.15, -0.1) is 0 Å². The van der Waals surface area contributed by atoms with Gasteiger partial charge in [-0.3, -0.25) is 9.88 Å². The van der Waals surface area contributed by atoms with Crippen LogP contribution in [0.25, 0.3) is 0 Å². The average molecular weight is 240 g/mol. The lowest BCUT2D eigenvalue weighted by molar-refractivity contribution is 0.343. The lowest BCUT2D eigenvalue weighted by Crippen LogP contribution is -2.21. The van der Waals surface area contributed by atoms with Gasteiger partial charge >= 0.3 is 0 Å². The SMILES string of the molecule is CCSCCN(C)Cc1ccc(OC)cn1. The molecule has 0 bridgehead atoms. The van der Waals surface area contributed by atoms with Gasteiger partial charge in [0.15, 0.2) is 0 Å². The Morgan fingerprint density at radius 1 is 1.44 bits per heavy atom. The van der Waals surface area contributed by atoms with Gasteiger partial charge in [-0.1, -0.05) is 6.92 Å². The van der Waals surface area contributed by atoms with Crippen molar-refractivity contribution in [2.45, 2.75) is 13.5 Å². The molecule has 0 aliphatic carbocycles. The summed E-state index contributed by atoms with van der Waals surface area (Å²) in [7, 11) is 3.78. The third kappa shape index (κ3) is 4.86. The van der Waals surface area contributed by atoms with Gasteiger partial charge in [0, 0.05) is 18.8 Å². The number of methoxy groups -OCH3 is 1. The molecule has 1 aromatic heterocycles. The molecule has 0 atom stereocenters. The van der Waals surface area contributed by atoms with Crippen molar-refractivity contribution in [2.24, 2.45) is 0 Å². The molecule has 0 saturated carbocycles. The molecule has 1 aromatic rings. The maximum atomic E-state index is 5.07. The highest BCUT2D eigenvalue weighted by Gasteiger charge is 2.01. The summed E-state index contributed by atoms with van der Waals surface area (Å²) in [6, 6.07) is 3.97. The van der Waals surface area contributed by atoms with E-state index in [1.54, 1.807) is 13.3 Å². The van der Waals surface area contributed by atoms with E-state index in [4.69, 9.17) is 4.74 Å². The Morgan fingerprint density at radius 3 is 2.81 bits per heavy atom. The van der Waals surface area contributed by atoms with Gasteiger partial charge in [-0.25, -0.2) is 0 Å². The molecule has 0 aliphatic rings. The summed E-state index contributed by atoms with van der Waals surface area (Å²) >= 11 is 1.97. The Bertz CT molecular complexity index is 290. The van der Waals surface area contributed by atoms with Crippen molar-refractivity contribution in [3.05, 3.63) is 24.0 Å². The first-order valence-corrected chi connectivity index (χ1v) is 6.67. The number of ether oxygens (including phenoxy) is 1. The fourth-order valence-electron chi connectivity index (χ4n) is 1.35. The minimum Gasteiger partial charge on any atom is -0.495 e. The summed E-state index contributed by atoms with van der Waals surface area (Å²) in [4.78, 5) is 6.63. The molecular weight excluding hydrogens is 220 g/mol. The number of hydrogen-bond acceptors (Lipinski definition) is 4. The zero-order valence-electron chi connectivity index (χ0n) is 10.3. The first kappa shape index (κ1) is 13.3. The number of nitrogens with zero attached hydrogens (tertiary/aromatic N) is 2. The van der Waals surface area contributed by atoms with Crippen LogP contribution in [-0.2, 0) is 6.54 Å². The van der Waals surface area contributed by atoms with Crippen LogP contribution in [0.1, 0.15) is 12.6 Å². The van der Waals surface area contributed by atoms with Crippen LogP contribution in [0.2, 0.25) is 0 Å². The van der Waals surface area contributed by atoms with Crippen LogP contribution in [0.3, 0.4) is 0 Å². The van der Waals surface area contributed by atoms with Gasteiger partial charge in [-0.05, 0) is 24.9 Å². The summed E-state index contributed by atoms with van der Waals surface area (Å²) in [6.07, 6.45) is 1.77. The topological polar surface area (TPSA) is 25.4 Å². The van der Waals surface area contributed by atoms with E-state index in [-0.39, 0.29) is 0 Å². The molecule has 0 aliphatic heterocycles. The molecule has 1 heterocycles. The van der Waals surface area contributed by atoms with E-state index in [0.29, 0.717) is 0 Å². The van der Waals surface area contributed by atoms with Gasteiger partial charge < -0.3 is 4.74 Å². The summed E-state index contributed by atoms with van der Waals surface area (Å²) in [5.41, 5.74) is 1.09. The minimum atomic E-state index is 0.813. The van der Waals surface area contributed by atoms with E-state index in [2.05, 4.69) is 23.9 Å². The fourth-order valence-corrected chi connectivity index (χ4v) is 2.07. The maximum Gasteiger partial charge on any atom is 0.137 e. The zero-order valence-corrected chi connectivity index (χ0v) is 11.1. The van der Waals surface area contributed by atoms with Crippen LogP contribution in [-0.4, -0.2) is 42.1 Å². The highest BCUT2D eigenvalue weighted by molar-refractivity contribution is 7.99. The largest absolute Gasteiger partial charge is 0.495 e. The molecule has 90 valence electrons. The fraction of sp³-hybridized carbons (Fsp3) is 0.583. The Morgan fingerprint density at radius 2 is 2.25 bits per heavy atom. The lowest BCUT2D eigenvalue weighted by Gasteiger charge is -2.15. The molecule has 0 radical (unpaired) electrons. The van der Waals surface area contributed by atoms with E-state index in [9.17, 15) is 0 Å². The second-order valence-electron chi connectivity index (χ2n) is 3.62. The number of aromatic nitrogens is 1. The third-order valence-electron chi connectivity index (χ3n) is 2.29. The van der Waals surface area contributed by atoms with Crippen molar-refractivity contribution >= 4 is 11.8 Å². The number of rotatable bonds is 7. The Balaban J connectivity index is 2.34. The maximum absolute atomic E-state index is 5.07. The first-order chi connectivity index (χ1) is 7.76. The average Bonchev–Trinajstić information content (AvgIpc) is 2.30. The second-order valence-corrected chi connectivity index (χ2v) is 5.02. The predicted octanol–water partition coefficient (Wildman–Crippen LogP) is 2.28. The van der Waals surface area contributed by atoms with Gasteiger partial charge in [0.25, 0.3) is 0 Å². The van der Waals surface area contributed by atoms with Crippen molar-refractivity contribution < 1.29 is 4.74 Å². The van der Waals surface area contributed by atoms with Crippen molar-refractivity contribution in [2.75, 3.05) is 32.2 Å². The van der Waals surface area contributed by atoms with E-state index in [0.717, 1.165) is 24.5 Å². The molecule has 0 saturated heterocycles. The molecule has 0 spiro atoms. The van der Waals surface area contributed by atoms with E-state index in [1.165, 1.54) is 11.5 Å². The molecule has 16 heavy (non-hydrogen) atoms. The standard InChI is InChI=1S/C12H20N2OS/c1-4-16-8-7-14(2)10-11-5-6-12(15-3)9-13-11/h5-6,9H,4,7-8,10H2,1-3H3. The Hall–Kier alpha value is -0.740. The van der Waals surface area contributed by atoms with Crippen LogP contribution in [0, 0.1) is 0 Å². The van der Waals surface area contributed by atoms with Gasteiger partial charge in [0.2, 0.25) is 0 Å². The second kappa shape index (κ2) is 7.52. The molecular formula is C12H20N2OS. The molecule has 1 rings (SSSR count). The van der Waals surface area contributed by atoms with Gasteiger partial charge in [-0.2, -0.15) is 11.8 Å². The van der Waals surface area contributed by atoms with Gasteiger partial charge in [0.05, 0.1) is 19.0 Å². The van der Waals surface area contributed by atoms with Crippen LogP contribution in [0.15, 0.2) is 18.3 Å². The smallest absolute Gasteiger partial charge is 0.137 e. The van der Waals surface area contributed by atoms with Crippen LogP contribution < -0.4 is 4.74 Å². The van der Waals surface area contributed by atoms with Crippen LogP contribution in [0.4, 0.5) is 0 Å². The van der Waals surface area contributed by atoms with Crippen LogP contribution in [0.5, 0.6) is 5.75 Å². The quantitative estimate of drug-likeness (QED) is 0.683. The van der Waals surface area contributed by atoms with Crippen molar-refractivity contribution in [3.8, 4) is 5.75 Å². The Kier molecular flexibility index (Phi) is 6.26. The lowest BCUT2D eigenvalue weighted by atomic mass is 10.3. The van der Waals surface area contributed by atoms with Crippen LogP contribution >= 0.6 is 11.8 Å². The molecule has 3 nitrogen and oxygen atoms in total. The summed E-state index contributed by atoms with van der Waals surface area (Å²) in [5.74, 6) is 3.19.